The van der Waals surface area contributed by atoms with Crippen molar-refractivity contribution in [3.05, 3.63) is 40.1 Å². The van der Waals surface area contributed by atoms with Crippen LogP contribution >= 0.6 is 11.3 Å². The Hall–Kier alpha value is -1.62. The van der Waals surface area contributed by atoms with Crippen molar-refractivity contribution in [3.8, 4) is 0 Å². The van der Waals surface area contributed by atoms with Gasteiger partial charge in [0.15, 0.2) is 0 Å². The van der Waals surface area contributed by atoms with Crippen molar-refractivity contribution < 1.29 is 9.90 Å². The maximum Gasteiger partial charge on any atom is 0.352 e. The van der Waals surface area contributed by atoms with Crippen LogP contribution in [0.3, 0.4) is 0 Å². The van der Waals surface area contributed by atoms with Gasteiger partial charge < -0.3 is 9.67 Å². The molecule has 2 rings (SSSR count). The summed E-state index contributed by atoms with van der Waals surface area (Å²) in [5.41, 5.74) is 1.35. The molecular weight excluding hydrogens is 224 g/mol. The standard InChI is InChI=1S/C11H12N2O2S/c1-8-12-9(7-16-8)4-6-13-5-2-3-10(13)11(14)15/h2-3,5,7H,4,6H2,1H3,(H,14,15). The average Bonchev–Trinajstić information content (AvgIpc) is 2.83. The van der Waals surface area contributed by atoms with Crippen LogP contribution in [0.2, 0.25) is 0 Å². The van der Waals surface area contributed by atoms with Crippen LogP contribution in [0.5, 0.6) is 0 Å². The third-order valence-corrected chi connectivity index (χ3v) is 3.15. The Morgan fingerprint density at radius 1 is 1.62 bits per heavy atom. The van der Waals surface area contributed by atoms with Gasteiger partial charge in [-0.25, -0.2) is 9.78 Å². The van der Waals surface area contributed by atoms with Crippen LogP contribution in [0.15, 0.2) is 23.7 Å². The van der Waals surface area contributed by atoms with Gasteiger partial charge in [0.1, 0.15) is 5.69 Å². The molecular formula is C11H12N2O2S. The maximum atomic E-state index is 10.9. The van der Waals surface area contributed by atoms with Crippen molar-refractivity contribution in [2.24, 2.45) is 0 Å². The number of carbonyl (C=O) groups is 1. The van der Waals surface area contributed by atoms with Crippen molar-refractivity contribution in [1.82, 2.24) is 9.55 Å². The number of aromatic nitrogens is 2. The fourth-order valence-electron chi connectivity index (χ4n) is 1.56. The van der Waals surface area contributed by atoms with Crippen molar-refractivity contribution in [1.29, 1.82) is 0 Å². The van der Waals surface area contributed by atoms with Crippen LogP contribution in [0.4, 0.5) is 0 Å². The molecule has 0 saturated carbocycles. The maximum absolute atomic E-state index is 10.9. The minimum atomic E-state index is -0.889. The van der Waals surface area contributed by atoms with Crippen molar-refractivity contribution in [2.45, 2.75) is 19.9 Å². The molecule has 0 aliphatic rings. The lowest BCUT2D eigenvalue weighted by atomic mass is 10.3. The SMILES string of the molecule is Cc1nc(CCn2cccc2C(=O)O)cs1. The number of carboxylic acid groups (broad SMARTS) is 1. The molecule has 0 saturated heterocycles. The predicted octanol–water partition coefficient (Wildman–Crippen LogP) is 2.19. The second-order valence-corrected chi connectivity index (χ2v) is 4.56. The zero-order valence-corrected chi connectivity index (χ0v) is 9.70. The van der Waals surface area contributed by atoms with Crippen molar-refractivity contribution in [2.75, 3.05) is 0 Å². The van der Waals surface area contributed by atoms with Gasteiger partial charge in [-0.1, -0.05) is 0 Å². The summed E-state index contributed by atoms with van der Waals surface area (Å²) in [5, 5.41) is 12.0. The van der Waals surface area contributed by atoms with Gasteiger partial charge >= 0.3 is 5.97 Å². The highest BCUT2D eigenvalue weighted by Crippen LogP contribution is 2.10. The molecule has 0 bridgehead atoms. The molecule has 16 heavy (non-hydrogen) atoms. The van der Waals surface area contributed by atoms with Crippen LogP contribution in [-0.4, -0.2) is 20.6 Å². The lowest BCUT2D eigenvalue weighted by molar-refractivity contribution is 0.0685. The highest BCUT2D eigenvalue weighted by atomic mass is 32.1. The zero-order chi connectivity index (χ0) is 11.5. The summed E-state index contributed by atoms with van der Waals surface area (Å²) in [6.07, 6.45) is 2.54. The lowest BCUT2D eigenvalue weighted by Crippen LogP contribution is -2.09. The third-order valence-electron chi connectivity index (χ3n) is 2.32. The van der Waals surface area contributed by atoms with Crippen LogP contribution in [0, 0.1) is 6.92 Å². The summed E-state index contributed by atoms with van der Waals surface area (Å²) >= 11 is 1.62. The summed E-state index contributed by atoms with van der Waals surface area (Å²) in [5.74, 6) is -0.889. The molecule has 0 unspecified atom stereocenters. The molecule has 5 heteroatoms. The van der Waals surface area contributed by atoms with E-state index in [1.807, 2.05) is 12.3 Å². The highest BCUT2D eigenvalue weighted by Gasteiger charge is 2.08. The highest BCUT2D eigenvalue weighted by molar-refractivity contribution is 7.09. The zero-order valence-electron chi connectivity index (χ0n) is 8.88. The first-order valence-electron chi connectivity index (χ1n) is 4.96. The van der Waals surface area contributed by atoms with Gasteiger partial charge in [0.25, 0.3) is 0 Å². The lowest BCUT2D eigenvalue weighted by Gasteiger charge is -2.04. The minimum absolute atomic E-state index is 0.326. The van der Waals surface area contributed by atoms with Gasteiger partial charge in [0.2, 0.25) is 0 Å². The van der Waals surface area contributed by atoms with Crippen LogP contribution in [0.1, 0.15) is 21.2 Å². The number of carboxylic acids is 1. The summed E-state index contributed by atoms with van der Waals surface area (Å²) in [4.78, 5) is 15.2. The molecule has 0 aromatic carbocycles. The van der Waals surface area contributed by atoms with Crippen molar-refractivity contribution >= 4 is 17.3 Å². The van der Waals surface area contributed by atoms with E-state index in [1.165, 1.54) is 0 Å². The quantitative estimate of drug-likeness (QED) is 0.885. The molecule has 4 nitrogen and oxygen atoms in total. The number of hydrogen-bond donors (Lipinski definition) is 1. The Kier molecular flexibility index (Phi) is 3.05. The molecule has 0 amide bonds. The van der Waals surface area contributed by atoms with Gasteiger partial charge in [-0.15, -0.1) is 11.3 Å². The topological polar surface area (TPSA) is 55.1 Å². The Balaban J connectivity index is 2.04. The van der Waals surface area contributed by atoms with E-state index in [0.717, 1.165) is 17.1 Å². The summed E-state index contributed by atoms with van der Waals surface area (Å²) < 4.78 is 1.73. The van der Waals surface area contributed by atoms with Crippen LogP contribution in [-0.2, 0) is 13.0 Å². The number of rotatable bonds is 4. The van der Waals surface area contributed by atoms with Crippen LogP contribution in [0.25, 0.3) is 0 Å². The van der Waals surface area contributed by atoms with E-state index in [2.05, 4.69) is 4.98 Å². The Bertz CT molecular complexity index is 502. The molecule has 2 aromatic heterocycles. The Morgan fingerprint density at radius 2 is 2.44 bits per heavy atom. The fourth-order valence-corrected chi connectivity index (χ4v) is 2.21. The smallest absolute Gasteiger partial charge is 0.352 e. The first-order valence-corrected chi connectivity index (χ1v) is 5.84. The van der Waals surface area contributed by atoms with E-state index in [9.17, 15) is 4.79 Å². The average molecular weight is 236 g/mol. The summed E-state index contributed by atoms with van der Waals surface area (Å²) in [6, 6.07) is 3.35. The number of aryl methyl sites for hydroxylation is 3. The Labute approximate surface area is 97.2 Å². The number of aromatic carboxylic acids is 1. The Morgan fingerprint density at radius 3 is 3.06 bits per heavy atom. The second-order valence-electron chi connectivity index (χ2n) is 3.50. The summed E-state index contributed by atoms with van der Waals surface area (Å²) in [7, 11) is 0. The van der Waals surface area contributed by atoms with E-state index in [0.29, 0.717) is 12.2 Å². The molecule has 84 valence electrons. The van der Waals surface area contributed by atoms with E-state index in [4.69, 9.17) is 5.11 Å². The van der Waals surface area contributed by atoms with E-state index in [1.54, 1.807) is 34.2 Å². The van der Waals surface area contributed by atoms with Gasteiger partial charge in [-0.3, -0.25) is 0 Å². The predicted molar refractivity (Wildman–Crippen MR) is 61.9 cm³/mol. The fraction of sp³-hybridized carbons (Fsp3) is 0.273. The van der Waals surface area contributed by atoms with E-state index < -0.39 is 5.97 Å². The van der Waals surface area contributed by atoms with Gasteiger partial charge in [-0.2, -0.15) is 0 Å². The summed E-state index contributed by atoms with van der Waals surface area (Å²) in [6.45, 7) is 2.62. The first-order chi connectivity index (χ1) is 7.66. The monoisotopic (exact) mass is 236 g/mol. The minimum Gasteiger partial charge on any atom is -0.477 e. The second kappa shape index (κ2) is 4.49. The first kappa shape index (κ1) is 10.9. The van der Waals surface area contributed by atoms with Gasteiger partial charge in [-0.05, 0) is 19.1 Å². The molecule has 0 aliphatic carbocycles. The number of thiazole rings is 1. The van der Waals surface area contributed by atoms with E-state index >= 15 is 0 Å². The normalized spacial score (nSPS) is 10.6. The van der Waals surface area contributed by atoms with Gasteiger partial charge in [0, 0.05) is 24.5 Å². The molecule has 0 atom stereocenters. The van der Waals surface area contributed by atoms with E-state index in [-0.39, 0.29) is 0 Å². The van der Waals surface area contributed by atoms with Crippen LogP contribution < -0.4 is 0 Å². The molecule has 2 aromatic rings. The molecule has 0 spiro atoms. The number of nitrogens with zero attached hydrogens (tertiary/aromatic N) is 2. The van der Waals surface area contributed by atoms with Gasteiger partial charge in [0.05, 0.1) is 10.7 Å². The molecule has 0 radical (unpaired) electrons. The molecule has 1 N–H and O–H groups in total. The molecule has 2 heterocycles. The molecule has 0 fully saturated rings. The molecule has 0 aliphatic heterocycles. The largest absolute Gasteiger partial charge is 0.477 e. The van der Waals surface area contributed by atoms with Crippen molar-refractivity contribution in [3.63, 3.8) is 0 Å². The third kappa shape index (κ3) is 2.30. The number of hydrogen-bond acceptors (Lipinski definition) is 3.